The predicted octanol–water partition coefficient (Wildman–Crippen LogP) is 0.969. The lowest BCUT2D eigenvalue weighted by atomic mass is 10.6. The first-order valence-corrected chi connectivity index (χ1v) is 2.28. The molecule has 0 heterocycles. The molecule has 0 aliphatic carbocycles. The van der Waals surface area contributed by atoms with E-state index in [9.17, 15) is 4.79 Å². The van der Waals surface area contributed by atoms with E-state index in [1.165, 1.54) is 0 Å². The van der Waals surface area contributed by atoms with Crippen molar-refractivity contribution < 1.29 is 4.79 Å². The molecule has 1 unspecified atom stereocenters. The van der Waals surface area contributed by atoms with Crippen LogP contribution in [0.5, 0.6) is 0 Å². The van der Waals surface area contributed by atoms with Crippen molar-refractivity contribution in [2.24, 2.45) is 0 Å². The first-order chi connectivity index (χ1) is 2.27. The van der Waals surface area contributed by atoms with Gasteiger partial charge in [0.15, 0.2) is 0 Å². The van der Waals surface area contributed by atoms with Crippen molar-refractivity contribution in [2.45, 2.75) is 11.8 Å². The van der Waals surface area contributed by atoms with E-state index in [2.05, 4.69) is 15.9 Å². The molecule has 30 valence electrons. The number of carbonyl (C=O) groups excluding carboxylic acids is 1. The Balaban J connectivity index is 2.83. The third-order valence-electron chi connectivity index (χ3n) is 0.188. The van der Waals surface area contributed by atoms with Gasteiger partial charge in [0.25, 0.3) is 0 Å². The second-order valence-corrected chi connectivity index (χ2v) is 2.26. The van der Waals surface area contributed by atoms with Crippen molar-refractivity contribution in [1.82, 2.24) is 0 Å². The Hall–Kier alpha value is 0.150. The fraction of sp³-hybridized carbons (Fsp3) is 0.667. The molecule has 0 aromatic heterocycles. The molecule has 0 aliphatic rings. The summed E-state index contributed by atoms with van der Waals surface area (Å²) in [6.07, 6.45) is 0.833. The molecule has 0 fully saturated rings. The summed E-state index contributed by atoms with van der Waals surface area (Å²) < 4.78 is 0. The molecule has 1 atom stereocenters. The topological polar surface area (TPSA) is 17.1 Å². The van der Waals surface area contributed by atoms with E-state index >= 15 is 0 Å². The minimum absolute atomic E-state index is 0.0162. The van der Waals surface area contributed by atoms with Crippen molar-refractivity contribution in [3.8, 4) is 0 Å². The smallest absolute Gasteiger partial charge is 0.133 e. The summed E-state index contributed by atoms with van der Waals surface area (Å²) in [5.41, 5.74) is 0. The normalized spacial score (nSPS) is 14.0. The third-order valence-corrected chi connectivity index (χ3v) is 0.403. The highest BCUT2D eigenvalue weighted by atomic mass is 79.9. The first kappa shape index (κ1) is 5.15. The zero-order chi connectivity index (χ0) is 4.28. The molecule has 5 heavy (non-hydrogen) atoms. The lowest BCUT2D eigenvalue weighted by Gasteiger charge is -1.76. The summed E-state index contributed by atoms with van der Waals surface area (Å²) >= 11 is 3.01. The third kappa shape index (κ3) is 4.15. The van der Waals surface area contributed by atoms with Crippen LogP contribution in [0.25, 0.3) is 0 Å². The average molecular weight is 137 g/mol. The molecule has 0 aliphatic heterocycles. The molecular weight excluding hydrogens is 132 g/mol. The molecule has 0 aromatic carbocycles. The number of carbonyl (C=O) groups is 1. The minimum Gasteiger partial charge on any atom is -0.302 e. The number of alkyl halides is 1. The van der Waals surface area contributed by atoms with Gasteiger partial charge in [-0.15, -0.1) is 0 Å². The molecule has 0 amide bonds. The van der Waals surface area contributed by atoms with Gasteiger partial charge in [0.2, 0.25) is 0 Å². The minimum atomic E-state index is 0.0162. The van der Waals surface area contributed by atoms with E-state index in [0.717, 1.165) is 6.29 Å². The fourth-order valence-electron chi connectivity index (χ4n) is 0. The van der Waals surface area contributed by atoms with E-state index in [0.29, 0.717) is 0 Å². The number of rotatable bonds is 1. The number of hydrogen-bond donors (Lipinski definition) is 0. The second-order valence-electron chi connectivity index (χ2n) is 0.814. The van der Waals surface area contributed by atoms with E-state index in [1.807, 2.05) is 0 Å². The van der Waals surface area contributed by atoms with Crippen LogP contribution >= 0.6 is 15.9 Å². The Morgan fingerprint density at radius 3 is 2.20 bits per heavy atom. The van der Waals surface area contributed by atoms with Crippen LogP contribution in [0.3, 0.4) is 0 Å². The Bertz CT molecular complexity index is 33.9. The highest BCUT2D eigenvalue weighted by Crippen LogP contribution is 1.87. The summed E-state index contributed by atoms with van der Waals surface area (Å²) in [4.78, 5) is 9.47. The van der Waals surface area contributed by atoms with E-state index < -0.39 is 0 Å². The molecule has 1 nitrogen and oxygen atoms in total. The molecule has 0 radical (unpaired) electrons. The van der Waals surface area contributed by atoms with Crippen molar-refractivity contribution in [2.75, 3.05) is 0 Å². The maximum absolute atomic E-state index is 9.46. The lowest BCUT2D eigenvalue weighted by molar-refractivity contribution is -0.107. The van der Waals surface area contributed by atoms with Gasteiger partial charge in [0.05, 0.1) is 4.83 Å². The SMILES string of the molecule is CC(Br)C=O. The first-order valence-electron chi connectivity index (χ1n) is 1.36. The van der Waals surface area contributed by atoms with Crippen molar-refractivity contribution in [1.29, 1.82) is 0 Å². The van der Waals surface area contributed by atoms with Gasteiger partial charge in [-0.3, -0.25) is 0 Å². The Kier molecular flexibility index (Phi) is 2.46. The molecule has 0 rings (SSSR count). The van der Waals surface area contributed by atoms with Crippen molar-refractivity contribution >= 4 is 22.2 Å². The summed E-state index contributed by atoms with van der Waals surface area (Å²) in [6.45, 7) is 1.77. The fourth-order valence-corrected chi connectivity index (χ4v) is 0. The average Bonchev–Trinajstić information content (AvgIpc) is 1.38. The van der Waals surface area contributed by atoms with Crippen LogP contribution in [0.15, 0.2) is 0 Å². The maximum Gasteiger partial charge on any atom is 0.133 e. The summed E-state index contributed by atoms with van der Waals surface area (Å²) in [6, 6.07) is 0. The van der Waals surface area contributed by atoms with Crippen molar-refractivity contribution in [3.63, 3.8) is 0 Å². The Labute approximate surface area is 39.5 Å². The molecular formula is C3H5BrO. The monoisotopic (exact) mass is 136 g/mol. The number of halogens is 1. The molecule has 0 saturated carbocycles. The van der Waals surface area contributed by atoms with Crippen LogP contribution in [0.4, 0.5) is 0 Å². The Morgan fingerprint density at radius 1 is 2.00 bits per heavy atom. The molecule has 0 bridgehead atoms. The van der Waals surface area contributed by atoms with E-state index in [1.54, 1.807) is 6.92 Å². The predicted molar refractivity (Wildman–Crippen MR) is 24.5 cm³/mol. The zero-order valence-corrected chi connectivity index (χ0v) is 4.53. The maximum atomic E-state index is 9.46. The van der Waals surface area contributed by atoms with Crippen LogP contribution in [0.1, 0.15) is 6.92 Å². The largest absolute Gasteiger partial charge is 0.302 e. The lowest BCUT2D eigenvalue weighted by Crippen LogP contribution is -1.85. The molecule has 0 aromatic rings. The number of hydrogen-bond acceptors (Lipinski definition) is 1. The summed E-state index contributed by atoms with van der Waals surface area (Å²) in [7, 11) is 0. The van der Waals surface area contributed by atoms with Gasteiger partial charge in [0.1, 0.15) is 6.29 Å². The highest BCUT2D eigenvalue weighted by Gasteiger charge is 1.82. The summed E-state index contributed by atoms with van der Waals surface area (Å²) in [5.74, 6) is 0. The van der Waals surface area contributed by atoms with Gasteiger partial charge >= 0.3 is 0 Å². The van der Waals surface area contributed by atoms with Crippen LogP contribution < -0.4 is 0 Å². The van der Waals surface area contributed by atoms with E-state index in [4.69, 9.17) is 0 Å². The highest BCUT2D eigenvalue weighted by molar-refractivity contribution is 9.09. The zero-order valence-electron chi connectivity index (χ0n) is 2.94. The van der Waals surface area contributed by atoms with Gasteiger partial charge in [-0.05, 0) is 6.92 Å². The quantitative estimate of drug-likeness (QED) is 0.388. The van der Waals surface area contributed by atoms with E-state index in [-0.39, 0.29) is 4.83 Å². The van der Waals surface area contributed by atoms with Gasteiger partial charge < -0.3 is 4.79 Å². The number of aldehydes is 1. The molecule has 0 saturated heterocycles. The van der Waals surface area contributed by atoms with Crippen LogP contribution in [-0.2, 0) is 4.79 Å². The second kappa shape index (κ2) is 2.39. The summed E-state index contributed by atoms with van der Waals surface area (Å²) in [5, 5.41) is 0. The van der Waals surface area contributed by atoms with Crippen LogP contribution in [0, 0.1) is 0 Å². The van der Waals surface area contributed by atoms with Crippen LogP contribution in [-0.4, -0.2) is 11.1 Å². The molecule has 0 spiro atoms. The molecule has 2 heteroatoms. The van der Waals surface area contributed by atoms with Gasteiger partial charge in [0, 0.05) is 0 Å². The van der Waals surface area contributed by atoms with Gasteiger partial charge in [-0.25, -0.2) is 0 Å². The Morgan fingerprint density at radius 2 is 2.20 bits per heavy atom. The van der Waals surface area contributed by atoms with Gasteiger partial charge in [-0.2, -0.15) is 0 Å². The van der Waals surface area contributed by atoms with Crippen molar-refractivity contribution in [3.05, 3.63) is 0 Å². The van der Waals surface area contributed by atoms with Gasteiger partial charge in [-0.1, -0.05) is 15.9 Å². The molecule has 0 N–H and O–H groups in total. The standard InChI is InChI=1S/C3H5BrO/c1-3(4)2-5/h2-3H,1H3. The van der Waals surface area contributed by atoms with Crippen LogP contribution in [0.2, 0.25) is 0 Å².